The van der Waals surface area contributed by atoms with Crippen LogP contribution in [0.2, 0.25) is 0 Å². The number of morpholine rings is 1. The predicted octanol–water partition coefficient (Wildman–Crippen LogP) is 1.53. The van der Waals surface area contributed by atoms with Crippen LogP contribution in [0.25, 0.3) is 0 Å². The molecular weight excluding hydrogens is 334 g/mol. The van der Waals surface area contributed by atoms with Gasteiger partial charge in [-0.25, -0.2) is 4.98 Å². The molecule has 3 rings (SSSR count). The highest BCUT2D eigenvalue weighted by molar-refractivity contribution is 5.48. The molecule has 2 fully saturated rings. The molecule has 0 N–H and O–H groups in total. The quantitative estimate of drug-likeness (QED) is 0.580. The Hall–Kier alpha value is -1.77. The van der Waals surface area contributed by atoms with Gasteiger partial charge in [-0.2, -0.15) is 0 Å². The van der Waals surface area contributed by atoms with Gasteiger partial charge in [0.1, 0.15) is 12.0 Å². The monoisotopic (exact) mass is 363 g/mol. The van der Waals surface area contributed by atoms with Gasteiger partial charge in [0.25, 0.3) is 5.69 Å². The minimum atomic E-state index is -0.380. The summed E-state index contributed by atoms with van der Waals surface area (Å²) in [7, 11) is 0. The lowest BCUT2D eigenvalue weighted by Gasteiger charge is -2.40. The van der Waals surface area contributed by atoms with Crippen molar-refractivity contribution in [2.75, 3.05) is 57.3 Å². The molecule has 8 nitrogen and oxygen atoms in total. The second kappa shape index (κ2) is 8.28. The van der Waals surface area contributed by atoms with Gasteiger partial charge in [-0.15, -0.1) is 0 Å². The fraction of sp³-hybridized carbons (Fsp3) is 0.722. The van der Waals surface area contributed by atoms with E-state index in [2.05, 4.69) is 33.5 Å². The molecule has 1 aromatic rings. The van der Waals surface area contributed by atoms with Crippen LogP contribution in [0.4, 0.5) is 11.5 Å². The molecule has 1 atom stereocenters. The smallest absolute Gasteiger partial charge is 0.290 e. The SMILES string of the molecule is Cc1cc(N2CCN(CC3CN(C(C)C)CCO3)CC2)ncc1[N+](=O)[O-]. The van der Waals surface area contributed by atoms with Crippen molar-refractivity contribution in [2.24, 2.45) is 0 Å². The maximum Gasteiger partial charge on any atom is 0.290 e. The van der Waals surface area contributed by atoms with Gasteiger partial charge < -0.3 is 9.64 Å². The minimum absolute atomic E-state index is 0.0801. The number of piperazine rings is 1. The second-order valence-corrected chi connectivity index (χ2v) is 7.46. The second-order valence-electron chi connectivity index (χ2n) is 7.46. The highest BCUT2D eigenvalue weighted by atomic mass is 16.6. The topological polar surface area (TPSA) is 75.0 Å². The zero-order valence-corrected chi connectivity index (χ0v) is 15.9. The van der Waals surface area contributed by atoms with E-state index in [0.717, 1.165) is 58.2 Å². The maximum atomic E-state index is 10.9. The summed E-state index contributed by atoms with van der Waals surface area (Å²) in [4.78, 5) is 22.0. The number of hydrogen-bond acceptors (Lipinski definition) is 7. The summed E-state index contributed by atoms with van der Waals surface area (Å²) in [6, 6.07) is 2.38. The van der Waals surface area contributed by atoms with Gasteiger partial charge >= 0.3 is 0 Å². The summed E-state index contributed by atoms with van der Waals surface area (Å²) < 4.78 is 5.95. The number of nitrogens with zero attached hydrogens (tertiary/aromatic N) is 5. The average molecular weight is 363 g/mol. The zero-order valence-electron chi connectivity index (χ0n) is 15.9. The summed E-state index contributed by atoms with van der Waals surface area (Å²) in [5, 5.41) is 10.9. The van der Waals surface area contributed by atoms with Crippen LogP contribution in [0, 0.1) is 17.0 Å². The number of pyridine rings is 1. The molecule has 0 amide bonds. The Morgan fingerprint density at radius 2 is 2.04 bits per heavy atom. The Balaban J connectivity index is 1.51. The molecule has 0 spiro atoms. The third-order valence-electron chi connectivity index (χ3n) is 5.32. The van der Waals surface area contributed by atoms with Crippen molar-refractivity contribution in [3.05, 3.63) is 27.9 Å². The van der Waals surface area contributed by atoms with E-state index in [-0.39, 0.29) is 16.7 Å². The molecule has 2 aliphatic heterocycles. The molecule has 2 saturated heterocycles. The largest absolute Gasteiger partial charge is 0.374 e. The number of hydrogen-bond donors (Lipinski definition) is 0. The summed E-state index contributed by atoms with van der Waals surface area (Å²) in [6.07, 6.45) is 1.64. The number of rotatable bonds is 5. The van der Waals surface area contributed by atoms with E-state index in [9.17, 15) is 10.1 Å². The lowest BCUT2D eigenvalue weighted by atomic mass is 10.2. The molecule has 0 aliphatic carbocycles. The fourth-order valence-corrected chi connectivity index (χ4v) is 3.67. The molecule has 0 aromatic carbocycles. The van der Waals surface area contributed by atoms with Gasteiger partial charge in [0.2, 0.25) is 0 Å². The Kier molecular flexibility index (Phi) is 6.05. The van der Waals surface area contributed by atoms with Crippen molar-refractivity contribution in [3.63, 3.8) is 0 Å². The molecule has 0 radical (unpaired) electrons. The number of nitro groups is 1. The first-order valence-electron chi connectivity index (χ1n) is 9.38. The van der Waals surface area contributed by atoms with Gasteiger partial charge in [0.15, 0.2) is 0 Å². The van der Waals surface area contributed by atoms with Gasteiger partial charge in [0.05, 0.1) is 17.6 Å². The summed E-state index contributed by atoms with van der Waals surface area (Å²) in [5.41, 5.74) is 0.739. The summed E-state index contributed by atoms with van der Waals surface area (Å²) >= 11 is 0. The number of ether oxygens (including phenoxy) is 1. The number of aromatic nitrogens is 1. The third kappa shape index (κ3) is 4.49. The molecule has 1 unspecified atom stereocenters. The average Bonchev–Trinajstić information content (AvgIpc) is 2.62. The molecule has 1 aromatic heterocycles. The summed E-state index contributed by atoms with van der Waals surface area (Å²) in [6.45, 7) is 13.7. The van der Waals surface area contributed by atoms with Crippen molar-refractivity contribution < 1.29 is 9.66 Å². The third-order valence-corrected chi connectivity index (χ3v) is 5.32. The van der Waals surface area contributed by atoms with Crippen LogP contribution >= 0.6 is 0 Å². The van der Waals surface area contributed by atoms with Crippen molar-refractivity contribution in [1.29, 1.82) is 0 Å². The zero-order chi connectivity index (χ0) is 18.7. The Morgan fingerprint density at radius 3 is 2.65 bits per heavy atom. The van der Waals surface area contributed by atoms with Crippen LogP contribution in [-0.2, 0) is 4.74 Å². The first kappa shape index (κ1) is 19.0. The number of aryl methyl sites for hydroxylation is 1. The molecule has 144 valence electrons. The van der Waals surface area contributed by atoms with Crippen LogP contribution in [0.1, 0.15) is 19.4 Å². The van der Waals surface area contributed by atoms with Crippen molar-refractivity contribution in [2.45, 2.75) is 32.9 Å². The van der Waals surface area contributed by atoms with Gasteiger partial charge in [-0.3, -0.25) is 19.9 Å². The molecular formula is C18H29N5O3. The normalized spacial score (nSPS) is 22.8. The number of anilines is 1. The Labute approximate surface area is 154 Å². The van der Waals surface area contributed by atoms with E-state index in [4.69, 9.17) is 4.74 Å². The molecule has 3 heterocycles. The van der Waals surface area contributed by atoms with E-state index in [1.807, 2.05) is 6.07 Å². The van der Waals surface area contributed by atoms with Crippen molar-refractivity contribution >= 4 is 11.5 Å². The Morgan fingerprint density at radius 1 is 1.31 bits per heavy atom. The minimum Gasteiger partial charge on any atom is -0.374 e. The molecule has 0 bridgehead atoms. The van der Waals surface area contributed by atoms with E-state index in [1.165, 1.54) is 6.20 Å². The lowest BCUT2D eigenvalue weighted by molar-refractivity contribution is -0.385. The maximum absolute atomic E-state index is 10.9. The lowest BCUT2D eigenvalue weighted by Crippen LogP contribution is -2.53. The van der Waals surface area contributed by atoms with Crippen LogP contribution in [-0.4, -0.2) is 84.3 Å². The molecule has 26 heavy (non-hydrogen) atoms. The van der Waals surface area contributed by atoms with E-state index >= 15 is 0 Å². The van der Waals surface area contributed by atoms with Crippen LogP contribution in [0.3, 0.4) is 0 Å². The van der Waals surface area contributed by atoms with Crippen molar-refractivity contribution in [1.82, 2.24) is 14.8 Å². The highest BCUT2D eigenvalue weighted by Crippen LogP contribution is 2.22. The fourth-order valence-electron chi connectivity index (χ4n) is 3.67. The van der Waals surface area contributed by atoms with Crippen LogP contribution in [0.15, 0.2) is 12.3 Å². The van der Waals surface area contributed by atoms with Gasteiger partial charge in [-0.05, 0) is 26.8 Å². The highest BCUT2D eigenvalue weighted by Gasteiger charge is 2.26. The van der Waals surface area contributed by atoms with Gasteiger partial charge in [-0.1, -0.05) is 0 Å². The van der Waals surface area contributed by atoms with E-state index < -0.39 is 0 Å². The van der Waals surface area contributed by atoms with E-state index in [1.54, 1.807) is 6.92 Å². The standard InChI is InChI=1S/C18H29N5O3/c1-14(2)22-8-9-26-16(13-22)12-20-4-6-21(7-5-20)18-10-15(3)17(11-19-18)23(24)25/h10-11,14,16H,4-9,12-13H2,1-3H3. The van der Waals surface area contributed by atoms with Crippen molar-refractivity contribution in [3.8, 4) is 0 Å². The molecule has 0 saturated carbocycles. The first-order valence-corrected chi connectivity index (χ1v) is 9.38. The van der Waals surface area contributed by atoms with Gasteiger partial charge in [0, 0.05) is 57.4 Å². The Bertz CT molecular complexity index is 631. The first-order chi connectivity index (χ1) is 12.4. The molecule has 8 heteroatoms. The van der Waals surface area contributed by atoms with E-state index in [0.29, 0.717) is 11.6 Å². The van der Waals surface area contributed by atoms with Crippen LogP contribution < -0.4 is 4.90 Å². The van der Waals surface area contributed by atoms with Crippen LogP contribution in [0.5, 0.6) is 0 Å². The summed E-state index contributed by atoms with van der Waals surface area (Å²) in [5.74, 6) is 0.827. The molecule has 2 aliphatic rings. The predicted molar refractivity (Wildman–Crippen MR) is 101 cm³/mol.